The summed E-state index contributed by atoms with van der Waals surface area (Å²) in [7, 11) is -3.76. The molecular weight excluding hydrogens is 280 g/mol. The van der Waals surface area contributed by atoms with E-state index >= 15 is 0 Å². The predicted molar refractivity (Wildman–Crippen MR) is 73.2 cm³/mol. The van der Waals surface area contributed by atoms with Gasteiger partial charge < -0.3 is 5.32 Å². The molecule has 0 atom stereocenters. The second-order valence-electron chi connectivity index (χ2n) is 5.17. The number of sulfonamides is 1. The number of aromatic nitrogens is 2. The molecule has 1 aliphatic carbocycles. The average molecular weight is 300 g/mol. The summed E-state index contributed by atoms with van der Waals surface area (Å²) in [6.07, 6.45) is 9.16. The molecule has 1 amide bonds. The largest absolute Gasteiger partial charge is 0.352 e. The molecule has 1 saturated carbocycles. The lowest BCUT2D eigenvalue weighted by Crippen LogP contribution is -2.36. The van der Waals surface area contributed by atoms with Gasteiger partial charge in [-0.3, -0.25) is 9.48 Å². The molecule has 20 heavy (non-hydrogen) atoms. The van der Waals surface area contributed by atoms with Crippen molar-refractivity contribution < 1.29 is 13.2 Å². The molecule has 0 bridgehead atoms. The fourth-order valence-corrected chi connectivity index (χ4v) is 2.88. The van der Waals surface area contributed by atoms with E-state index in [0.29, 0.717) is 0 Å². The lowest BCUT2D eigenvalue weighted by molar-refractivity contribution is -0.122. The van der Waals surface area contributed by atoms with Crippen molar-refractivity contribution in [2.24, 2.45) is 5.14 Å². The summed E-state index contributed by atoms with van der Waals surface area (Å²) in [5, 5.41) is 11.8. The normalized spacial score (nSPS) is 17.6. The number of hydrogen-bond donors (Lipinski definition) is 2. The molecule has 0 spiro atoms. The van der Waals surface area contributed by atoms with E-state index in [1.165, 1.54) is 23.7 Å². The molecule has 2 rings (SSSR count). The molecule has 0 radical (unpaired) electrons. The van der Waals surface area contributed by atoms with Gasteiger partial charge in [-0.25, -0.2) is 13.6 Å². The van der Waals surface area contributed by atoms with Crippen molar-refractivity contribution in [1.82, 2.24) is 15.1 Å². The Bertz CT molecular complexity index is 559. The standard InChI is InChI=1S/C12H20N4O3S/c13-20(18,19)11-7-14-16(8-11)9-12(17)15-10-5-3-1-2-4-6-10/h7-8,10H,1-6,9H2,(H,15,17)(H2,13,18,19). The van der Waals surface area contributed by atoms with Gasteiger partial charge >= 0.3 is 0 Å². The van der Waals surface area contributed by atoms with Crippen LogP contribution in [0.3, 0.4) is 0 Å². The molecule has 112 valence electrons. The number of nitrogens with two attached hydrogens (primary N) is 1. The number of carbonyl (C=O) groups excluding carboxylic acids is 1. The maximum Gasteiger partial charge on any atom is 0.241 e. The summed E-state index contributed by atoms with van der Waals surface area (Å²) in [5.74, 6) is -0.152. The van der Waals surface area contributed by atoms with Crippen LogP contribution in [0.2, 0.25) is 0 Å². The van der Waals surface area contributed by atoms with Gasteiger partial charge in [0, 0.05) is 12.2 Å². The second kappa shape index (κ2) is 6.36. The Morgan fingerprint density at radius 3 is 2.55 bits per heavy atom. The van der Waals surface area contributed by atoms with E-state index in [1.807, 2.05) is 0 Å². The van der Waals surface area contributed by atoms with E-state index in [1.54, 1.807) is 0 Å². The summed E-state index contributed by atoms with van der Waals surface area (Å²) in [6, 6.07) is 0.221. The molecule has 0 aromatic carbocycles. The first-order valence-corrected chi connectivity index (χ1v) is 8.34. The van der Waals surface area contributed by atoms with Crippen molar-refractivity contribution in [2.75, 3.05) is 0 Å². The van der Waals surface area contributed by atoms with E-state index in [2.05, 4.69) is 10.4 Å². The van der Waals surface area contributed by atoms with Crippen molar-refractivity contribution in [3.05, 3.63) is 12.4 Å². The number of nitrogens with one attached hydrogen (secondary N) is 1. The Morgan fingerprint density at radius 1 is 1.35 bits per heavy atom. The maximum atomic E-state index is 11.9. The average Bonchev–Trinajstić information content (AvgIpc) is 2.67. The van der Waals surface area contributed by atoms with E-state index < -0.39 is 10.0 Å². The third-order valence-corrected chi connectivity index (χ3v) is 4.33. The minimum atomic E-state index is -3.76. The van der Waals surface area contributed by atoms with Crippen molar-refractivity contribution >= 4 is 15.9 Å². The van der Waals surface area contributed by atoms with Crippen molar-refractivity contribution in [1.29, 1.82) is 0 Å². The predicted octanol–water partition coefficient (Wildman–Crippen LogP) is 0.369. The summed E-state index contributed by atoms with van der Waals surface area (Å²) in [5.41, 5.74) is 0. The van der Waals surface area contributed by atoms with Crippen LogP contribution in [-0.4, -0.2) is 30.1 Å². The number of hydrogen-bond acceptors (Lipinski definition) is 4. The maximum absolute atomic E-state index is 11.9. The lowest BCUT2D eigenvalue weighted by atomic mass is 10.1. The topological polar surface area (TPSA) is 107 Å². The summed E-state index contributed by atoms with van der Waals surface area (Å²) < 4.78 is 23.5. The van der Waals surface area contributed by atoms with Crippen LogP contribution in [0.5, 0.6) is 0 Å². The first-order valence-electron chi connectivity index (χ1n) is 6.80. The third kappa shape index (κ3) is 4.31. The van der Waals surface area contributed by atoms with Crippen LogP contribution in [0, 0.1) is 0 Å². The van der Waals surface area contributed by atoms with Gasteiger partial charge in [-0.05, 0) is 12.8 Å². The van der Waals surface area contributed by atoms with Gasteiger partial charge in [0.2, 0.25) is 15.9 Å². The van der Waals surface area contributed by atoms with Crippen molar-refractivity contribution in [2.45, 2.75) is 56.0 Å². The van der Waals surface area contributed by atoms with Crippen LogP contribution in [-0.2, 0) is 21.4 Å². The quantitative estimate of drug-likeness (QED) is 0.783. The highest BCUT2D eigenvalue weighted by Gasteiger charge is 2.16. The molecular formula is C12H20N4O3S. The molecule has 1 aliphatic rings. The molecule has 0 aliphatic heterocycles. The minimum absolute atomic E-state index is 0.00597. The molecule has 1 aromatic heterocycles. The Labute approximate surface area is 118 Å². The number of nitrogens with zero attached hydrogens (tertiary/aromatic N) is 2. The molecule has 0 unspecified atom stereocenters. The molecule has 1 fully saturated rings. The summed E-state index contributed by atoms with van der Waals surface area (Å²) in [4.78, 5) is 11.8. The highest BCUT2D eigenvalue weighted by atomic mass is 32.2. The first kappa shape index (κ1) is 15.0. The van der Waals surface area contributed by atoms with Gasteiger partial charge in [0.25, 0.3) is 0 Å². The zero-order valence-electron chi connectivity index (χ0n) is 11.3. The van der Waals surface area contributed by atoms with Gasteiger partial charge in [-0.2, -0.15) is 5.10 Å². The van der Waals surface area contributed by atoms with Crippen LogP contribution in [0.1, 0.15) is 38.5 Å². The third-order valence-electron chi connectivity index (χ3n) is 3.46. The Morgan fingerprint density at radius 2 is 2.00 bits per heavy atom. The Kier molecular flexibility index (Phi) is 4.77. The highest BCUT2D eigenvalue weighted by molar-refractivity contribution is 7.89. The number of carbonyl (C=O) groups is 1. The van der Waals surface area contributed by atoms with Crippen molar-refractivity contribution in [3.63, 3.8) is 0 Å². The van der Waals surface area contributed by atoms with Gasteiger partial charge in [0.15, 0.2) is 0 Å². The first-order chi connectivity index (χ1) is 9.45. The zero-order valence-corrected chi connectivity index (χ0v) is 12.1. The fraction of sp³-hybridized carbons (Fsp3) is 0.667. The second-order valence-corrected chi connectivity index (χ2v) is 6.74. The van der Waals surface area contributed by atoms with Gasteiger partial charge in [0.1, 0.15) is 11.4 Å². The summed E-state index contributed by atoms with van der Waals surface area (Å²) in [6.45, 7) is 0.00597. The smallest absolute Gasteiger partial charge is 0.241 e. The SMILES string of the molecule is NS(=O)(=O)c1cnn(CC(=O)NC2CCCCCC2)c1. The Balaban J connectivity index is 1.89. The lowest BCUT2D eigenvalue weighted by Gasteiger charge is -2.16. The fourth-order valence-electron chi connectivity index (χ4n) is 2.42. The van der Waals surface area contributed by atoms with Crippen LogP contribution in [0.4, 0.5) is 0 Å². The molecule has 1 heterocycles. The molecule has 7 nitrogen and oxygen atoms in total. The van der Waals surface area contributed by atoms with Crippen LogP contribution < -0.4 is 10.5 Å². The van der Waals surface area contributed by atoms with Crippen LogP contribution >= 0.6 is 0 Å². The molecule has 3 N–H and O–H groups in total. The monoisotopic (exact) mass is 300 g/mol. The van der Waals surface area contributed by atoms with E-state index in [9.17, 15) is 13.2 Å². The minimum Gasteiger partial charge on any atom is -0.352 e. The molecule has 1 aromatic rings. The zero-order chi connectivity index (χ0) is 14.6. The highest BCUT2D eigenvalue weighted by Crippen LogP contribution is 2.17. The van der Waals surface area contributed by atoms with Crippen molar-refractivity contribution in [3.8, 4) is 0 Å². The van der Waals surface area contributed by atoms with Crippen LogP contribution in [0.15, 0.2) is 17.3 Å². The Hall–Kier alpha value is -1.41. The number of amides is 1. The summed E-state index contributed by atoms with van der Waals surface area (Å²) >= 11 is 0. The van der Waals surface area contributed by atoms with Gasteiger partial charge in [0.05, 0.1) is 6.20 Å². The van der Waals surface area contributed by atoms with Gasteiger partial charge in [-0.15, -0.1) is 0 Å². The van der Waals surface area contributed by atoms with E-state index in [0.717, 1.165) is 31.9 Å². The van der Waals surface area contributed by atoms with E-state index in [4.69, 9.17) is 5.14 Å². The van der Waals surface area contributed by atoms with Crippen LogP contribution in [0.25, 0.3) is 0 Å². The molecule has 8 heteroatoms. The van der Waals surface area contributed by atoms with E-state index in [-0.39, 0.29) is 23.4 Å². The number of primary sulfonamides is 1. The number of rotatable bonds is 4. The molecule has 0 saturated heterocycles. The van der Waals surface area contributed by atoms with Gasteiger partial charge in [-0.1, -0.05) is 25.7 Å².